The molecule has 0 unspecified atom stereocenters. The maximum atomic E-state index is 12.7. The second-order valence-corrected chi connectivity index (χ2v) is 14.3. The average molecular weight is 662 g/mol. The molecular weight excluding hydrogens is 626 g/mol. The average Bonchev–Trinajstić information content (AvgIpc) is 3.75. The Bertz CT molecular complexity index is 1970. The minimum Gasteiger partial charge on any atom is -0.494 e. The highest BCUT2D eigenvalue weighted by Crippen LogP contribution is 2.43. The van der Waals surface area contributed by atoms with E-state index in [4.69, 9.17) is 26.5 Å². The van der Waals surface area contributed by atoms with Gasteiger partial charge in [-0.25, -0.2) is 4.79 Å². The Kier molecular flexibility index (Phi) is 8.16. The van der Waals surface area contributed by atoms with Gasteiger partial charge < -0.3 is 14.4 Å². The van der Waals surface area contributed by atoms with Crippen LogP contribution in [0.25, 0.3) is 22.0 Å². The summed E-state index contributed by atoms with van der Waals surface area (Å²) >= 11 is 10.6. The summed E-state index contributed by atoms with van der Waals surface area (Å²) in [6.45, 7) is 2.53. The lowest BCUT2D eigenvalue weighted by molar-refractivity contribution is 0.0685. The lowest BCUT2D eigenvalue weighted by Crippen LogP contribution is -2.09. The molecule has 2 aromatic carbocycles. The summed E-state index contributed by atoms with van der Waals surface area (Å²) in [6, 6.07) is 10.4. The molecule has 234 valence electrons. The fourth-order valence-electron chi connectivity index (χ4n) is 6.94. The van der Waals surface area contributed by atoms with Gasteiger partial charge in [-0.2, -0.15) is 10.2 Å². The Balaban J connectivity index is 1.34. The van der Waals surface area contributed by atoms with Crippen molar-refractivity contribution in [1.82, 2.24) is 24.1 Å². The second-order valence-electron chi connectivity index (χ2n) is 11.9. The molecule has 1 aliphatic carbocycles. The van der Waals surface area contributed by atoms with Gasteiger partial charge in [-0.05, 0) is 80.0 Å². The number of halogens is 1. The topological polar surface area (TPSA) is 87.1 Å². The second kappa shape index (κ2) is 12.1. The van der Waals surface area contributed by atoms with Gasteiger partial charge in [0.2, 0.25) is 0 Å². The zero-order chi connectivity index (χ0) is 31.4. The number of nitrogens with zero attached hydrogens (tertiary/aromatic N) is 5. The van der Waals surface area contributed by atoms with E-state index in [1.165, 1.54) is 28.1 Å². The summed E-state index contributed by atoms with van der Waals surface area (Å²) in [4.78, 5) is 14.0. The highest BCUT2D eigenvalue weighted by Gasteiger charge is 2.27. The molecule has 1 aliphatic heterocycles. The summed E-state index contributed by atoms with van der Waals surface area (Å²) < 4.78 is 12.0. The van der Waals surface area contributed by atoms with Crippen LogP contribution < -0.4 is 4.74 Å². The van der Waals surface area contributed by atoms with Crippen LogP contribution in [0.2, 0.25) is 5.02 Å². The third-order valence-electron chi connectivity index (χ3n) is 9.15. The molecule has 0 saturated carbocycles. The van der Waals surface area contributed by atoms with E-state index in [2.05, 4.69) is 18.2 Å². The van der Waals surface area contributed by atoms with Gasteiger partial charge in [0.15, 0.2) is 0 Å². The van der Waals surface area contributed by atoms with Crippen molar-refractivity contribution in [2.75, 3.05) is 6.61 Å². The smallest absolute Gasteiger partial charge is 0.352 e. The third kappa shape index (κ3) is 5.44. The molecular formula is C34H36ClN5O3S2. The molecule has 2 aliphatic rings. The largest absolute Gasteiger partial charge is 0.494 e. The number of aromatic carboxylic acids is 1. The Morgan fingerprint density at radius 3 is 2.60 bits per heavy atom. The summed E-state index contributed by atoms with van der Waals surface area (Å²) in [6.07, 6.45) is 4.60. The number of aryl methyl sites for hydroxylation is 5. The fourth-order valence-corrected chi connectivity index (χ4v) is 9.21. The zero-order valence-corrected chi connectivity index (χ0v) is 28.3. The number of carboxylic acids is 1. The van der Waals surface area contributed by atoms with Crippen molar-refractivity contribution in [3.63, 3.8) is 0 Å². The molecule has 4 heterocycles. The maximum absolute atomic E-state index is 12.7. The first-order valence-corrected chi connectivity index (χ1v) is 17.8. The zero-order valence-electron chi connectivity index (χ0n) is 25.9. The first-order chi connectivity index (χ1) is 21.7. The van der Waals surface area contributed by atoms with Crippen LogP contribution in [0.5, 0.6) is 5.75 Å². The summed E-state index contributed by atoms with van der Waals surface area (Å²) in [7, 11) is 5.79. The molecule has 0 spiro atoms. The first-order valence-electron chi connectivity index (χ1n) is 15.3. The minimum absolute atomic E-state index is 0.287. The van der Waals surface area contributed by atoms with Crippen LogP contribution >= 0.6 is 35.1 Å². The van der Waals surface area contributed by atoms with Crippen LogP contribution in [0.4, 0.5) is 0 Å². The number of rotatable bonds is 1. The number of hydrogen-bond acceptors (Lipinski definition) is 6. The van der Waals surface area contributed by atoms with Gasteiger partial charge in [0, 0.05) is 71.2 Å². The molecule has 7 rings (SSSR count). The van der Waals surface area contributed by atoms with E-state index in [1.54, 1.807) is 16.3 Å². The molecule has 0 atom stereocenters. The highest BCUT2D eigenvalue weighted by molar-refractivity contribution is 7.98. The molecule has 0 saturated heterocycles. The van der Waals surface area contributed by atoms with Crippen LogP contribution in [0.1, 0.15) is 62.8 Å². The number of carboxylic acid groups (broad SMARTS) is 1. The van der Waals surface area contributed by atoms with Gasteiger partial charge in [-0.3, -0.25) is 9.36 Å². The van der Waals surface area contributed by atoms with Gasteiger partial charge in [0.1, 0.15) is 11.4 Å². The molecule has 1 N–H and O–H groups in total. The van der Waals surface area contributed by atoms with Gasteiger partial charge in [-0.1, -0.05) is 17.7 Å². The maximum Gasteiger partial charge on any atom is 0.352 e. The SMILES string of the molecule is Cc1c2c(nn1C)CSCc1cc(n(C)n1)CSc1cc(cc3c1CCC3)OCCCc1c(C(=O)O)n(C)c3c-2c(Cl)ccc13. The summed E-state index contributed by atoms with van der Waals surface area (Å²) in [5.41, 5.74) is 10.7. The van der Waals surface area contributed by atoms with Crippen molar-refractivity contribution in [2.45, 2.75) is 61.2 Å². The molecule has 8 nitrogen and oxygen atoms in total. The fraction of sp³-hybridized carbons (Fsp3) is 0.382. The van der Waals surface area contributed by atoms with Crippen LogP contribution in [-0.2, 0) is 57.7 Å². The molecule has 45 heavy (non-hydrogen) atoms. The Morgan fingerprint density at radius 1 is 0.956 bits per heavy atom. The molecule has 0 radical (unpaired) electrons. The predicted molar refractivity (Wildman–Crippen MR) is 182 cm³/mol. The lowest BCUT2D eigenvalue weighted by Gasteiger charge is -2.13. The Hall–Kier alpha value is -3.34. The van der Waals surface area contributed by atoms with Gasteiger partial charge in [0.25, 0.3) is 0 Å². The van der Waals surface area contributed by atoms with Crippen molar-refractivity contribution in [3.05, 3.63) is 80.5 Å². The van der Waals surface area contributed by atoms with Crippen LogP contribution in [0.3, 0.4) is 0 Å². The van der Waals surface area contributed by atoms with Gasteiger partial charge in [-0.15, -0.1) is 23.5 Å². The van der Waals surface area contributed by atoms with E-state index in [0.29, 0.717) is 30.2 Å². The van der Waals surface area contributed by atoms with Crippen molar-refractivity contribution >= 4 is 52.0 Å². The third-order valence-corrected chi connectivity index (χ3v) is 11.6. The van der Waals surface area contributed by atoms with E-state index in [1.807, 2.05) is 61.3 Å². The van der Waals surface area contributed by atoms with E-state index in [0.717, 1.165) is 74.8 Å². The van der Waals surface area contributed by atoms with Crippen LogP contribution in [0.15, 0.2) is 35.2 Å². The van der Waals surface area contributed by atoms with Gasteiger partial charge >= 0.3 is 5.97 Å². The van der Waals surface area contributed by atoms with E-state index < -0.39 is 5.97 Å². The number of benzene rings is 2. The normalized spacial score (nSPS) is 15.5. The minimum atomic E-state index is -0.949. The monoisotopic (exact) mass is 661 g/mol. The van der Waals surface area contributed by atoms with Crippen molar-refractivity contribution in [3.8, 4) is 16.9 Å². The van der Waals surface area contributed by atoms with E-state index in [-0.39, 0.29) is 5.69 Å². The number of thioether (sulfide) groups is 2. The van der Waals surface area contributed by atoms with Gasteiger partial charge in [0.05, 0.1) is 28.5 Å². The molecule has 0 fully saturated rings. The first kappa shape index (κ1) is 30.3. The number of fused-ring (bicyclic) bond motifs is 8. The molecule has 8 bridgehead atoms. The number of aromatic nitrogens is 5. The predicted octanol–water partition coefficient (Wildman–Crippen LogP) is 7.51. The Labute approximate surface area is 276 Å². The molecule has 0 amide bonds. The molecule has 3 aromatic heterocycles. The van der Waals surface area contributed by atoms with E-state index >= 15 is 0 Å². The number of ether oxygens (including phenoxy) is 1. The Morgan fingerprint density at radius 2 is 1.78 bits per heavy atom. The summed E-state index contributed by atoms with van der Waals surface area (Å²) in [5, 5.41) is 21.6. The van der Waals surface area contributed by atoms with Crippen molar-refractivity contribution < 1.29 is 14.6 Å². The quantitative estimate of drug-likeness (QED) is 0.199. The molecule has 5 aromatic rings. The van der Waals surface area contributed by atoms with Crippen molar-refractivity contribution in [1.29, 1.82) is 0 Å². The lowest BCUT2D eigenvalue weighted by atomic mass is 9.98. The highest BCUT2D eigenvalue weighted by atomic mass is 35.5. The van der Waals surface area contributed by atoms with E-state index in [9.17, 15) is 9.90 Å². The summed E-state index contributed by atoms with van der Waals surface area (Å²) in [5.74, 6) is 2.20. The number of hydrogen-bond donors (Lipinski definition) is 1. The van der Waals surface area contributed by atoms with Crippen LogP contribution in [0, 0.1) is 6.92 Å². The molecule has 11 heteroatoms. The standard InChI is InChI=1S/C34H36ClN5O3S2/c1-19-30-28(37-39(19)3)18-44-16-21-14-22(40(4)36-21)17-45-29-15-23(13-20-7-5-8-24(20)29)43-12-6-9-25-26-10-11-27(35)31(30)32(26)38(2)33(25)34(41)42/h10-11,13-15H,5-9,12,16-18H2,1-4H3,(H,41,42). The van der Waals surface area contributed by atoms with Crippen molar-refractivity contribution in [2.24, 2.45) is 21.1 Å². The number of carbonyl (C=O) groups is 1. The van der Waals surface area contributed by atoms with Crippen LogP contribution in [-0.4, -0.2) is 41.8 Å².